The van der Waals surface area contributed by atoms with Gasteiger partial charge in [0.05, 0.1) is 17.4 Å². The second kappa shape index (κ2) is 6.40. The summed E-state index contributed by atoms with van der Waals surface area (Å²) in [7, 11) is 0. The lowest BCUT2D eigenvalue weighted by molar-refractivity contribution is 0.389. The van der Waals surface area contributed by atoms with Gasteiger partial charge in [0.1, 0.15) is 11.9 Å². The standard InChI is InChI=1S/C18H18BrN5/c19-15-2-1-14(10-20)16(9-15)24-8-4-13-3-7-23(12-17(13)24)18-11-21-5-6-22-18/h1-2,5-6,9,11,13,17H,3-4,7-8,12H2. The minimum atomic E-state index is 0.419. The lowest BCUT2D eigenvalue weighted by Crippen LogP contribution is -2.48. The number of halogens is 1. The zero-order valence-corrected chi connectivity index (χ0v) is 14.9. The summed E-state index contributed by atoms with van der Waals surface area (Å²) in [5.74, 6) is 1.63. The van der Waals surface area contributed by atoms with Gasteiger partial charge in [-0.2, -0.15) is 5.26 Å². The number of benzene rings is 1. The van der Waals surface area contributed by atoms with Gasteiger partial charge >= 0.3 is 0 Å². The molecule has 0 N–H and O–H groups in total. The molecule has 2 aliphatic rings. The molecule has 24 heavy (non-hydrogen) atoms. The maximum absolute atomic E-state index is 9.48. The summed E-state index contributed by atoms with van der Waals surface area (Å²) in [5, 5.41) is 9.48. The van der Waals surface area contributed by atoms with Gasteiger partial charge in [-0.3, -0.25) is 4.98 Å². The Morgan fingerprint density at radius 1 is 1.21 bits per heavy atom. The van der Waals surface area contributed by atoms with Crippen LogP contribution in [0.3, 0.4) is 0 Å². The fourth-order valence-corrected chi connectivity index (χ4v) is 4.29. The molecule has 2 fully saturated rings. The monoisotopic (exact) mass is 383 g/mol. The van der Waals surface area contributed by atoms with Crippen molar-refractivity contribution in [2.24, 2.45) is 5.92 Å². The van der Waals surface area contributed by atoms with Crippen molar-refractivity contribution in [1.29, 1.82) is 5.26 Å². The second-order valence-corrected chi connectivity index (χ2v) is 7.30. The van der Waals surface area contributed by atoms with Gasteiger partial charge in [0.15, 0.2) is 0 Å². The van der Waals surface area contributed by atoms with E-state index in [1.54, 1.807) is 12.4 Å². The van der Waals surface area contributed by atoms with E-state index in [0.717, 1.165) is 47.6 Å². The van der Waals surface area contributed by atoms with Crippen LogP contribution in [0.15, 0.2) is 41.3 Å². The predicted molar refractivity (Wildman–Crippen MR) is 97.0 cm³/mol. The molecule has 1 aromatic carbocycles. The number of aromatic nitrogens is 2. The topological polar surface area (TPSA) is 56.1 Å². The largest absolute Gasteiger partial charge is 0.365 e. The third kappa shape index (κ3) is 2.73. The summed E-state index contributed by atoms with van der Waals surface area (Å²) in [4.78, 5) is 13.4. The molecule has 6 heteroatoms. The molecular weight excluding hydrogens is 366 g/mol. The first-order valence-corrected chi connectivity index (χ1v) is 9.03. The van der Waals surface area contributed by atoms with Crippen LogP contribution in [0.2, 0.25) is 0 Å². The van der Waals surface area contributed by atoms with Crippen molar-refractivity contribution in [2.75, 3.05) is 29.4 Å². The molecule has 0 saturated carbocycles. The van der Waals surface area contributed by atoms with Gasteiger partial charge in [0.2, 0.25) is 0 Å². The van der Waals surface area contributed by atoms with E-state index in [2.05, 4.69) is 47.8 Å². The Bertz CT molecular complexity index is 773. The molecule has 2 atom stereocenters. The molecule has 2 aromatic rings. The third-order valence-electron chi connectivity index (χ3n) is 5.13. The van der Waals surface area contributed by atoms with E-state index in [1.165, 1.54) is 6.42 Å². The molecule has 2 saturated heterocycles. The smallest absolute Gasteiger partial charge is 0.147 e. The van der Waals surface area contributed by atoms with E-state index < -0.39 is 0 Å². The molecule has 2 unspecified atom stereocenters. The number of rotatable bonds is 2. The average molecular weight is 384 g/mol. The van der Waals surface area contributed by atoms with Gasteiger partial charge in [0.25, 0.3) is 0 Å². The molecule has 0 amide bonds. The molecule has 0 radical (unpaired) electrons. The van der Waals surface area contributed by atoms with Crippen molar-refractivity contribution in [2.45, 2.75) is 18.9 Å². The highest BCUT2D eigenvalue weighted by Gasteiger charge is 2.39. The van der Waals surface area contributed by atoms with Crippen LogP contribution in [0.25, 0.3) is 0 Å². The summed E-state index contributed by atoms with van der Waals surface area (Å²) in [5.41, 5.74) is 1.79. The van der Waals surface area contributed by atoms with E-state index in [1.807, 2.05) is 18.3 Å². The molecular formula is C18H18BrN5. The van der Waals surface area contributed by atoms with Gasteiger partial charge in [-0.15, -0.1) is 0 Å². The van der Waals surface area contributed by atoms with Gasteiger partial charge in [-0.1, -0.05) is 15.9 Å². The fraction of sp³-hybridized carbons (Fsp3) is 0.389. The molecule has 0 bridgehead atoms. The van der Waals surface area contributed by atoms with Crippen LogP contribution in [-0.4, -0.2) is 35.6 Å². The first kappa shape index (κ1) is 15.4. The van der Waals surface area contributed by atoms with E-state index in [4.69, 9.17) is 0 Å². The van der Waals surface area contributed by atoms with Crippen LogP contribution in [-0.2, 0) is 0 Å². The quantitative estimate of drug-likeness (QED) is 0.796. The Morgan fingerprint density at radius 3 is 2.88 bits per heavy atom. The summed E-state index contributed by atoms with van der Waals surface area (Å²) >= 11 is 3.54. The third-order valence-corrected chi connectivity index (χ3v) is 5.62. The highest BCUT2D eigenvalue weighted by atomic mass is 79.9. The van der Waals surface area contributed by atoms with E-state index in [-0.39, 0.29) is 0 Å². The SMILES string of the molecule is N#Cc1ccc(Br)cc1N1CCC2CCN(c3cnccn3)CC21. The number of hydrogen-bond donors (Lipinski definition) is 0. The van der Waals surface area contributed by atoms with Crippen molar-refractivity contribution < 1.29 is 0 Å². The minimum Gasteiger partial charge on any atom is -0.365 e. The number of hydrogen-bond acceptors (Lipinski definition) is 5. The highest BCUT2D eigenvalue weighted by molar-refractivity contribution is 9.10. The fourth-order valence-electron chi connectivity index (χ4n) is 3.94. The van der Waals surface area contributed by atoms with Crippen LogP contribution >= 0.6 is 15.9 Å². The van der Waals surface area contributed by atoms with Crippen molar-refractivity contribution >= 4 is 27.4 Å². The Morgan fingerprint density at radius 2 is 2.08 bits per heavy atom. The summed E-state index contributed by atoms with van der Waals surface area (Å²) in [6, 6.07) is 8.66. The second-order valence-electron chi connectivity index (χ2n) is 6.38. The lowest BCUT2D eigenvalue weighted by Gasteiger charge is -2.40. The van der Waals surface area contributed by atoms with Crippen LogP contribution < -0.4 is 9.80 Å². The molecule has 5 nitrogen and oxygen atoms in total. The van der Waals surface area contributed by atoms with Crippen molar-refractivity contribution in [3.05, 3.63) is 46.8 Å². The van der Waals surface area contributed by atoms with Crippen LogP contribution in [0.4, 0.5) is 11.5 Å². The summed E-state index contributed by atoms with van der Waals surface area (Å²) in [6.45, 7) is 2.97. The number of piperidine rings is 1. The average Bonchev–Trinajstić information content (AvgIpc) is 3.05. The van der Waals surface area contributed by atoms with Crippen molar-refractivity contribution in [3.63, 3.8) is 0 Å². The molecule has 1 aromatic heterocycles. The lowest BCUT2D eigenvalue weighted by atomic mass is 9.92. The minimum absolute atomic E-state index is 0.419. The summed E-state index contributed by atoms with van der Waals surface area (Å²) < 4.78 is 1.02. The Labute approximate surface area is 150 Å². The molecule has 4 rings (SSSR count). The Hall–Kier alpha value is -2.13. The normalized spacial score (nSPS) is 23.0. The van der Waals surface area contributed by atoms with Crippen molar-refractivity contribution in [1.82, 2.24) is 9.97 Å². The Kier molecular flexibility index (Phi) is 4.11. The van der Waals surface area contributed by atoms with Gasteiger partial charge < -0.3 is 9.80 Å². The number of nitriles is 1. The zero-order valence-electron chi connectivity index (χ0n) is 13.3. The highest BCUT2D eigenvalue weighted by Crippen LogP contribution is 2.38. The van der Waals surface area contributed by atoms with E-state index >= 15 is 0 Å². The van der Waals surface area contributed by atoms with Gasteiger partial charge in [-0.05, 0) is 37.0 Å². The first-order chi connectivity index (χ1) is 11.8. The van der Waals surface area contributed by atoms with Crippen LogP contribution in [0.1, 0.15) is 18.4 Å². The number of anilines is 2. The number of fused-ring (bicyclic) bond motifs is 1. The zero-order chi connectivity index (χ0) is 16.5. The molecule has 0 aliphatic carbocycles. The summed E-state index contributed by atoms with van der Waals surface area (Å²) in [6.07, 6.45) is 7.64. The molecule has 122 valence electrons. The van der Waals surface area contributed by atoms with Crippen molar-refractivity contribution in [3.8, 4) is 6.07 Å². The van der Waals surface area contributed by atoms with E-state index in [9.17, 15) is 5.26 Å². The van der Waals surface area contributed by atoms with E-state index in [0.29, 0.717) is 12.0 Å². The Balaban J connectivity index is 1.63. The maximum Gasteiger partial charge on any atom is 0.147 e. The first-order valence-electron chi connectivity index (χ1n) is 8.23. The number of nitrogens with zero attached hydrogens (tertiary/aromatic N) is 5. The van der Waals surface area contributed by atoms with Gasteiger partial charge in [0, 0.05) is 42.5 Å². The van der Waals surface area contributed by atoms with Crippen LogP contribution in [0.5, 0.6) is 0 Å². The molecule has 3 heterocycles. The molecule has 2 aliphatic heterocycles. The maximum atomic E-state index is 9.48. The molecule has 0 spiro atoms. The predicted octanol–water partition coefficient (Wildman–Crippen LogP) is 3.22. The van der Waals surface area contributed by atoms with Gasteiger partial charge in [-0.25, -0.2) is 4.98 Å². The van der Waals surface area contributed by atoms with Crippen LogP contribution in [0, 0.1) is 17.2 Å².